The number of likely N-dealkylation sites (N-methyl/N-ethyl adjacent to an activating group) is 1. The maximum absolute atomic E-state index is 14.5. The summed E-state index contributed by atoms with van der Waals surface area (Å²) in [5.41, 5.74) is 0.483. The van der Waals surface area contributed by atoms with Crippen molar-refractivity contribution >= 4 is 23.5 Å². The number of nitrogens with one attached hydrogen (secondary N) is 2. The second-order valence-corrected chi connectivity index (χ2v) is 13.3. The zero-order chi connectivity index (χ0) is 34.4. The summed E-state index contributed by atoms with van der Waals surface area (Å²) in [6.07, 6.45) is 5.61. The Morgan fingerprint density at radius 1 is 1.08 bits per heavy atom. The molecule has 12 heteroatoms. The molecule has 0 bridgehead atoms. The van der Waals surface area contributed by atoms with Crippen LogP contribution in [0.15, 0.2) is 79.3 Å². The number of hydrogen-bond acceptors (Lipinski definition) is 7. The highest BCUT2D eigenvalue weighted by Gasteiger charge is 2.44. The number of hydrogen-bond donors (Lipinski definition) is 2. The Kier molecular flexibility index (Phi) is 10.7. The largest absolute Gasteiger partial charge is 0.489 e. The van der Waals surface area contributed by atoms with Gasteiger partial charge in [-0.05, 0) is 61.7 Å². The van der Waals surface area contributed by atoms with Crippen LogP contribution in [0.1, 0.15) is 50.2 Å². The highest BCUT2D eigenvalue weighted by atomic mass is 19.1. The maximum atomic E-state index is 14.5. The van der Waals surface area contributed by atoms with E-state index in [1.165, 1.54) is 12.1 Å². The molecule has 0 aliphatic carbocycles. The van der Waals surface area contributed by atoms with E-state index in [0.717, 1.165) is 5.56 Å². The number of aromatic nitrogens is 3. The summed E-state index contributed by atoms with van der Waals surface area (Å²) in [7, 11) is 1.69. The number of imidazole rings is 1. The molecular formula is C36H44FN7O4. The van der Waals surface area contributed by atoms with Crippen molar-refractivity contribution in [3.8, 4) is 5.75 Å². The number of para-hydroxylation sites is 1. The molecule has 254 valence electrons. The minimum absolute atomic E-state index is 0.194. The number of carbonyl (C=O) groups excluding carboxylic acids is 3. The Hall–Kier alpha value is -4.84. The number of likely N-dealkylation sites (tertiary alicyclic amines) is 1. The fourth-order valence-electron chi connectivity index (χ4n) is 5.85. The quantitative estimate of drug-likeness (QED) is 0.238. The fraction of sp³-hybridized carbons (Fsp3) is 0.417. The van der Waals surface area contributed by atoms with E-state index in [-0.39, 0.29) is 48.4 Å². The van der Waals surface area contributed by atoms with Crippen molar-refractivity contribution in [1.29, 1.82) is 0 Å². The molecule has 48 heavy (non-hydrogen) atoms. The summed E-state index contributed by atoms with van der Waals surface area (Å²) >= 11 is 0. The molecule has 4 atom stereocenters. The molecule has 1 aliphatic rings. The summed E-state index contributed by atoms with van der Waals surface area (Å²) in [4.78, 5) is 53.8. The van der Waals surface area contributed by atoms with Crippen LogP contribution in [0.4, 0.5) is 4.39 Å². The first-order valence-corrected chi connectivity index (χ1v) is 16.3. The van der Waals surface area contributed by atoms with Crippen LogP contribution in [0, 0.1) is 11.2 Å². The molecule has 0 spiro atoms. The Bertz CT molecular complexity index is 1670. The molecule has 11 nitrogen and oxygen atoms in total. The molecule has 0 saturated carbocycles. The predicted octanol–water partition coefficient (Wildman–Crippen LogP) is 3.74. The summed E-state index contributed by atoms with van der Waals surface area (Å²) in [6.45, 7) is 8.26. The van der Waals surface area contributed by atoms with Gasteiger partial charge in [-0.2, -0.15) is 0 Å². The fourth-order valence-corrected chi connectivity index (χ4v) is 5.85. The second-order valence-electron chi connectivity index (χ2n) is 13.3. The first kappa shape index (κ1) is 34.5. The molecule has 3 heterocycles. The lowest BCUT2D eigenvalue weighted by Crippen LogP contribution is -2.59. The lowest BCUT2D eigenvalue weighted by atomic mass is 9.85. The van der Waals surface area contributed by atoms with Crippen LogP contribution in [0.25, 0.3) is 5.78 Å². The molecule has 5 rings (SSSR count). The number of fused-ring (bicyclic) bond motifs is 1. The molecule has 2 aromatic carbocycles. The summed E-state index contributed by atoms with van der Waals surface area (Å²) in [5, 5.41) is 5.91. The Morgan fingerprint density at radius 3 is 2.48 bits per heavy atom. The molecule has 4 aromatic rings. The lowest BCUT2D eigenvalue weighted by Gasteiger charge is -2.37. The average molecular weight is 658 g/mol. The van der Waals surface area contributed by atoms with Gasteiger partial charge in [0, 0.05) is 38.1 Å². The molecule has 1 fully saturated rings. The van der Waals surface area contributed by atoms with Gasteiger partial charge >= 0.3 is 0 Å². The van der Waals surface area contributed by atoms with Gasteiger partial charge in [-0.15, -0.1) is 0 Å². The number of ether oxygens (including phenoxy) is 1. The lowest BCUT2D eigenvalue weighted by molar-refractivity contribution is -0.141. The Morgan fingerprint density at radius 2 is 1.81 bits per heavy atom. The standard InChI is InChI=1S/C36H44FN7O4/c1-24(38-5)32(45)41-31(36(2,3)4)34(47)44-22-29(48-28-10-7-6-8-11-28)20-27(44)21-42(19-16-25-12-14-26(37)15-13-25)33(46)30-23-43-18-9-17-39-35(43)40-30/h6-15,17-18,23-24,27,29,31,38H,16,19-22H2,1-5H3,(H,41,45)/t24-,27-,29?,31+/m0/s1. The zero-order valence-electron chi connectivity index (χ0n) is 28.1. The Balaban J connectivity index is 1.46. The Labute approximate surface area is 280 Å². The first-order valence-electron chi connectivity index (χ1n) is 16.3. The van der Waals surface area contributed by atoms with Gasteiger partial charge in [-0.25, -0.2) is 14.4 Å². The van der Waals surface area contributed by atoms with Crippen LogP contribution in [0.5, 0.6) is 5.75 Å². The van der Waals surface area contributed by atoms with Crippen molar-refractivity contribution in [1.82, 2.24) is 34.8 Å². The monoisotopic (exact) mass is 657 g/mol. The third-order valence-corrected chi connectivity index (χ3v) is 8.69. The highest BCUT2D eigenvalue weighted by Crippen LogP contribution is 2.29. The third kappa shape index (κ3) is 8.35. The van der Waals surface area contributed by atoms with Gasteiger partial charge in [0.15, 0.2) is 0 Å². The van der Waals surface area contributed by atoms with Crippen LogP contribution < -0.4 is 15.4 Å². The zero-order valence-corrected chi connectivity index (χ0v) is 28.1. The van der Waals surface area contributed by atoms with Gasteiger partial charge in [0.25, 0.3) is 5.91 Å². The van der Waals surface area contributed by atoms with E-state index in [1.807, 2.05) is 51.1 Å². The van der Waals surface area contributed by atoms with Gasteiger partial charge in [-0.1, -0.05) is 51.1 Å². The third-order valence-electron chi connectivity index (χ3n) is 8.69. The topological polar surface area (TPSA) is 121 Å². The van der Waals surface area contributed by atoms with E-state index in [0.29, 0.717) is 30.9 Å². The van der Waals surface area contributed by atoms with E-state index in [2.05, 4.69) is 20.6 Å². The van der Waals surface area contributed by atoms with Crippen LogP contribution >= 0.6 is 0 Å². The molecule has 2 N–H and O–H groups in total. The van der Waals surface area contributed by atoms with E-state index >= 15 is 0 Å². The summed E-state index contributed by atoms with van der Waals surface area (Å²) in [6, 6.07) is 15.6. The van der Waals surface area contributed by atoms with Gasteiger partial charge in [-0.3, -0.25) is 18.8 Å². The highest BCUT2D eigenvalue weighted by molar-refractivity contribution is 5.93. The SMILES string of the molecule is CN[C@@H](C)C(=O)N[C@H](C(=O)N1CC(Oc2ccccc2)C[C@H]1CN(CCc1ccc(F)cc1)C(=O)c1cn2cccnc2n1)C(C)(C)C. The normalized spacial score (nSPS) is 17.6. The number of rotatable bonds is 12. The number of benzene rings is 2. The molecular weight excluding hydrogens is 613 g/mol. The summed E-state index contributed by atoms with van der Waals surface area (Å²) in [5.74, 6) is -0.0984. The van der Waals surface area contributed by atoms with Gasteiger partial charge in [0.05, 0.1) is 18.6 Å². The van der Waals surface area contributed by atoms with Gasteiger partial charge in [0.1, 0.15) is 29.4 Å². The molecule has 1 saturated heterocycles. The van der Waals surface area contributed by atoms with E-state index in [1.54, 1.807) is 65.0 Å². The smallest absolute Gasteiger partial charge is 0.274 e. The molecule has 0 radical (unpaired) electrons. The van der Waals surface area contributed by atoms with Gasteiger partial charge < -0.3 is 25.2 Å². The number of nitrogens with zero attached hydrogens (tertiary/aromatic N) is 5. The van der Waals surface area contributed by atoms with Crippen molar-refractivity contribution < 1.29 is 23.5 Å². The van der Waals surface area contributed by atoms with Crippen molar-refractivity contribution in [2.75, 3.05) is 26.7 Å². The minimum Gasteiger partial charge on any atom is -0.489 e. The number of amides is 3. The minimum atomic E-state index is -0.827. The first-order chi connectivity index (χ1) is 22.9. The van der Waals surface area contributed by atoms with Crippen molar-refractivity contribution in [2.45, 2.75) is 64.8 Å². The maximum Gasteiger partial charge on any atom is 0.274 e. The van der Waals surface area contributed by atoms with Crippen LogP contribution in [0.2, 0.25) is 0 Å². The van der Waals surface area contributed by atoms with Crippen LogP contribution in [-0.4, -0.2) is 92.8 Å². The second kappa shape index (κ2) is 14.9. The van der Waals surface area contributed by atoms with Gasteiger partial charge in [0.2, 0.25) is 17.6 Å². The average Bonchev–Trinajstić information content (AvgIpc) is 3.69. The molecule has 1 aliphatic heterocycles. The van der Waals surface area contributed by atoms with Crippen molar-refractivity contribution in [3.63, 3.8) is 0 Å². The van der Waals surface area contributed by atoms with Crippen LogP contribution in [0.3, 0.4) is 0 Å². The predicted molar refractivity (Wildman–Crippen MR) is 180 cm³/mol. The number of halogens is 1. The van der Waals surface area contributed by atoms with Crippen molar-refractivity contribution in [2.24, 2.45) is 5.41 Å². The summed E-state index contributed by atoms with van der Waals surface area (Å²) < 4.78 is 21.7. The van der Waals surface area contributed by atoms with E-state index in [9.17, 15) is 18.8 Å². The molecule has 2 aromatic heterocycles. The number of carbonyl (C=O) groups is 3. The molecule has 1 unspecified atom stereocenters. The van der Waals surface area contributed by atoms with Crippen molar-refractivity contribution in [3.05, 3.63) is 96.3 Å². The van der Waals surface area contributed by atoms with E-state index in [4.69, 9.17) is 4.74 Å². The molecule has 3 amide bonds. The van der Waals surface area contributed by atoms with Crippen LogP contribution in [-0.2, 0) is 16.0 Å². The van der Waals surface area contributed by atoms with E-state index < -0.39 is 23.5 Å².